The fourth-order valence-electron chi connectivity index (χ4n) is 2.66. The van der Waals surface area contributed by atoms with E-state index in [0.717, 1.165) is 12.1 Å². The molecule has 6 heteroatoms. The first-order valence-corrected chi connectivity index (χ1v) is 8.35. The Bertz CT molecular complexity index is 574. The summed E-state index contributed by atoms with van der Waals surface area (Å²) < 4.78 is 10.6. The van der Waals surface area contributed by atoms with Crippen LogP contribution in [0.2, 0.25) is 0 Å². The van der Waals surface area contributed by atoms with Gasteiger partial charge >= 0.3 is 0 Å². The van der Waals surface area contributed by atoms with Gasteiger partial charge in [-0.25, -0.2) is 0 Å². The van der Waals surface area contributed by atoms with E-state index in [1.54, 1.807) is 18.1 Å². The van der Waals surface area contributed by atoms with Gasteiger partial charge in [-0.05, 0) is 32.4 Å². The standard InChI is InChI=1S/C18H26N2O4/c1-13(2)24-9-5-8-19-18(22)14-10-17(21)20(12-14)15-6-4-7-16(11-15)23-3/h4,6-7,11,13-14H,5,8-10,12H2,1-3H3,(H,19,22)/t14-/m0/s1. The summed E-state index contributed by atoms with van der Waals surface area (Å²) in [5.74, 6) is 0.276. The molecular formula is C18H26N2O4. The van der Waals surface area contributed by atoms with E-state index in [4.69, 9.17) is 9.47 Å². The number of anilines is 1. The lowest BCUT2D eigenvalue weighted by Gasteiger charge is -2.17. The number of ether oxygens (including phenoxy) is 2. The molecule has 0 radical (unpaired) electrons. The molecule has 132 valence electrons. The lowest BCUT2D eigenvalue weighted by molar-refractivity contribution is -0.126. The molecule has 2 amide bonds. The molecule has 1 atom stereocenters. The van der Waals surface area contributed by atoms with Gasteiger partial charge in [0.05, 0.1) is 19.1 Å². The van der Waals surface area contributed by atoms with Gasteiger partial charge in [-0.2, -0.15) is 0 Å². The second kappa shape index (κ2) is 8.68. The van der Waals surface area contributed by atoms with Gasteiger partial charge in [-0.15, -0.1) is 0 Å². The van der Waals surface area contributed by atoms with Gasteiger partial charge in [-0.3, -0.25) is 9.59 Å². The molecule has 2 rings (SSSR count). The maximum atomic E-state index is 12.2. The van der Waals surface area contributed by atoms with E-state index in [-0.39, 0.29) is 30.3 Å². The van der Waals surface area contributed by atoms with Gasteiger partial charge in [0.1, 0.15) is 5.75 Å². The van der Waals surface area contributed by atoms with Gasteiger partial charge < -0.3 is 19.7 Å². The molecule has 0 bridgehead atoms. The van der Waals surface area contributed by atoms with Crippen molar-refractivity contribution in [2.45, 2.75) is 32.8 Å². The zero-order valence-corrected chi connectivity index (χ0v) is 14.6. The normalized spacial score (nSPS) is 17.4. The number of carbonyl (C=O) groups excluding carboxylic acids is 2. The fraction of sp³-hybridized carbons (Fsp3) is 0.556. The summed E-state index contributed by atoms with van der Waals surface area (Å²) in [7, 11) is 1.59. The predicted molar refractivity (Wildman–Crippen MR) is 92.2 cm³/mol. The minimum Gasteiger partial charge on any atom is -0.497 e. The first-order valence-electron chi connectivity index (χ1n) is 8.35. The summed E-state index contributed by atoms with van der Waals surface area (Å²) in [5.41, 5.74) is 0.764. The van der Waals surface area contributed by atoms with Gasteiger partial charge in [0.15, 0.2) is 0 Å². The van der Waals surface area contributed by atoms with Gasteiger partial charge in [-0.1, -0.05) is 6.07 Å². The van der Waals surface area contributed by atoms with Crippen LogP contribution in [0.25, 0.3) is 0 Å². The van der Waals surface area contributed by atoms with Crippen LogP contribution in [0.1, 0.15) is 26.7 Å². The number of benzene rings is 1. The number of hydrogen-bond donors (Lipinski definition) is 1. The molecule has 6 nitrogen and oxygen atoms in total. The Labute approximate surface area is 143 Å². The minimum absolute atomic E-state index is 0.0356. The zero-order chi connectivity index (χ0) is 17.5. The van der Waals surface area contributed by atoms with Crippen molar-refractivity contribution in [2.24, 2.45) is 5.92 Å². The quantitative estimate of drug-likeness (QED) is 0.738. The summed E-state index contributed by atoms with van der Waals surface area (Å²) in [5, 5.41) is 2.89. The maximum absolute atomic E-state index is 12.2. The highest BCUT2D eigenvalue weighted by Gasteiger charge is 2.35. The van der Waals surface area contributed by atoms with Crippen molar-refractivity contribution in [2.75, 3.05) is 31.7 Å². The Kier molecular flexibility index (Phi) is 6.61. The molecule has 0 unspecified atom stereocenters. The van der Waals surface area contributed by atoms with Crippen molar-refractivity contribution in [3.63, 3.8) is 0 Å². The Morgan fingerprint density at radius 1 is 1.42 bits per heavy atom. The molecule has 0 aliphatic carbocycles. The van der Waals surface area contributed by atoms with E-state index in [9.17, 15) is 9.59 Å². The molecular weight excluding hydrogens is 308 g/mol. The number of nitrogens with zero attached hydrogens (tertiary/aromatic N) is 1. The van der Waals surface area contributed by atoms with Gasteiger partial charge in [0, 0.05) is 37.9 Å². The van der Waals surface area contributed by atoms with Crippen LogP contribution in [0.4, 0.5) is 5.69 Å². The molecule has 1 saturated heterocycles. The van der Waals surface area contributed by atoms with Gasteiger partial charge in [0.2, 0.25) is 11.8 Å². The highest BCUT2D eigenvalue weighted by molar-refractivity contribution is 6.00. The monoisotopic (exact) mass is 334 g/mol. The maximum Gasteiger partial charge on any atom is 0.227 e. The molecule has 1 aliphatic rings. The zero-order valence-electron chi connectivity index (χ0n) is 14.6. The van der Waals surface area contributed by atoms with Gasteiger partial charge in [0.25, 0.3) is 0 Å². The smallest absolute Gasteiger partial charge is 0.227 e. The third kappa shape index (κ3) is 4.96. The third-order valence-electron chi connectivity index (χ3n) is 3.93. The fourth-order valence-corrected chi connectivity index (χ4v) is 2.66. The molecule has 0 saturated carbocycles. The molecule has 1 aliphatic heterocycles. The summed E-state index contributed by atoms with van der Waals surface area (Å²) >= 11 is 0. The Hall–Kier alpha value is -2.08. The predicted octanol–water partition coefficient (Wildman–Crippen LogP) is 1.98. The molecule has 1 heterocycles. The largest absolute Gasteiger partial charge is 0.497 e. The second-order valence-electron chi connectivity index (χ2n) is 6.17. The molecule has 1 N–H and O–H groups in total. The molecule has 1 fully saturated rings. The summed E-state index contributed by atoms with van der Waals surface area (Å²) in [6, 6.07) is 7.32. The summed E-state index contributed by atoms with van der Waals surface area (Å²) in [6.07, 6.45) is 1.21. The average Bonchev–Trinajstić information content (AvgIpc) is 2.96. The number of carbonyl (C=O) groups is 2. The van der Waals surface area contributed by atoms with E-state index >= 15 is 0 Å². The van der Waals surface area contributed by atoms with Crippen molar-refractivity contribution in [1.82, 2.24) is 5.32 Å². The SMILES string of the molecule is COc1cccc(N2C[C@@H](C(=O)NCCCOC(C)C)CC2=O)c1. The number of amides is 2. The van der Waals surface area contributed by atoms with E-state index in [0.29, 0.717) is 25.4 Å². The molecule has 0 aromatic heterocycles. The lowest BCUT2D eigenvalue weighted by Crippen LogP contribution is -2.34. The van der Waals surface area contributed by atoms with Crippen molar-refractivity contribution >= 4 is 17.5 Å². The third-order valence-corrected chi connectivity index (χ3v) is 3.93. The molecule has 1 aromatic rings. The van der Waals surface area contributed by atoms with E-state index < -0.39 is 0 Å². The molecule has 1 aromatic carbocycles. The van der Waals surface area contributed by atoms with Crippen LogP contribution in [-0.4, -0.2) is 44.7 Å². The van der Waals surface area contributed by atoms with E-state index in [1.165, 1.54) is 0 Å². The van der Waals surface area contributed by atoms with Crippen LogP contribution in [0.15, 0.2) is 24.3 Å². The van der Waals surface area contributed by atoms with Crippen LogP contribution in [-0.2, 0) is 14.3 Å². The summed E-state index contributed by atoms with van der Waals surface area (Å²) in [6.45, 7) is 5.55. The Morgan fingerprint density at radius 2 is 2.21 bits per heavy atom. The Balaban J connectivity index is 1.83. The first kappa shape index (κ1) is 18.3. The number of hydrogen-bond acceptors (Lipinski definition) is 4. The lowest BCUT2D eigenvalue weighted by atomic mass is 10.1. The second-order valence-corrected chi connectivity index (χ2v) is 6.17. The van der Waals surface area contributed by atoms with Crippen molar-refractivity contribution in [1.29, 1.82) is 0 Å². The van der Waals surface area contributed by atoms with Crippen molar-refractivity contribution in [3.05, 3.63) is 24.3 Å². The van der Waals surface area contributed by atoms with Crippen LogP contribution in [0, 0.1) is 5.92 Å². The number of methoxy groups -OCH3 is 1. The highest BCUT2D eigenvalue weighted by Crippen LogP contribution is 2.27. The van der Waals surface area contributed by atoms with Crippen molar-refractivity contribution < 1.29 is 19.1 Å². The van der Waals surface area contributed by atoms with E-state index in [1.807, 2.05) is 32.0 Å². The van der Waals surface area contributed by atoms with Crippen LogP contribution < -0.4 is 15.0 Å². The minimum atomic E-state index is -0.310. The first-order chi connectivity index (χ1) is 11.5. The Morgan fingerprint density at radius 3 is 2.92 bits per heavy atom. The summed E-state index contributed by atoms with van der Waals surface area (Å²) in [4.78, 5) is 26.1. The van der Waals surface area contributed by atoms with Crippen LogP contribution >= 0.6 is 0 Å². The molecule has 0 spiro atoms. The average molecular weight is 334 g/mol. The number of nitrogens with one attached hydrogen (secondary N) is 1. The highest BCUT2D eigenvalue weighted by atomic mass is 16.5. The number of rotatable bonds is 8. The molecule has 24 heavy (non-hydrogen) atoms. The van der Waals surface area contributed by atoms with Crippen LogP contribution in [0.5, 0.6) is 5.75 Å². The van der Waals surface area contributed by atoms with E-state index in [2.05, 4.69) is 5.32 Å². The van der Waals surface area contributed by atoms with Crippen molar-refractivity contribution in [3.8, 4) is 5.75 Å². The van der Waals surface area contributed by atoms with Crippen LogP contribution in [0.3, 0.4) is 0 Å². The topological polar surface area (TPSA) is 67.9 Å².